The van der Waals surface area contributed by atoms with Gasteiger partial charge in [0, 0.05) is 51.5 Å². The Morgan fingerprint density at radius 2 is 1.85 bits per heavy atom. The molecule has 1 aliphatic heterocycles. The van der Waals surface area contributed by atoms with Crippen molar-refractivity contribution in [3.63, 3.8) is 0 Å². The molecule has 0 spiro atoms. The van der Waals surface area contributed by atoms with Gasteiger partial charge in [-0.25, -0.2) is 14.8 Å². The van der Waals surface area contributed by atoms with Gasteiger partial charge in [0.15, 0.2) is 0 Å². The van der Waals surface area contributed by atoms with Crippen LogP contribution in [0.3, 0.4) is 0 Å². The predicted molar refractivity (Wildman–Crippen MR) is 73.0 cm³/mol. The Morgan fingerprint density at radius 1 is 1.20 bits per heavy atom. The Bertz CT molecular complexity index is 458. The summed E-state index contributed by atoms with van der Waals surface area (Å²) < 4.78 is 0. The minimum absolute atomic E-state index is 0.269. The van der Waals surface area contributed by atoms with Crippen LogP contribution in [0.4, 0.5) is 10.7 Å². The number of piperazine rings is 1. The van der Waals surface area contributed by atoms with Crippen molar-refractivity contribution >= 4 is 17.9 Å². The Kier molecular flexibility index (Phi) is 4.83. The van der Waals surface area contributed by atoms with E-state index in [9.17, 15) is 9.59 Å². The fourth-order valence-electron chi connectivity index (χ4n) is 2.09. The van der Waals surface area contributed by atoms with E-state index in [0.717, 1.165) is 32.1 Å². The predicted octanol–water partition coefficient (Wildman–Crippen LogP) is -0.816. The van der Waals surface area contributed by atoms with Crippen LogP contribution in [0.5, 0.6) is 0 Å². The third kappa shape index (κ3) is 4.16. The zero-order valence-electron chi connectivity index (χ0n) is 11.2. The molecule has 0 unspecified atom stereocenters. The summed E-state index contributed by atoms with van der Waals surface area (Å²) in [5.41, 5.74) is 4.88. The third-order valence-corrected chi connectivity index (χ3v) is 3.12. The number of hydrogen-bond acceptors (Lipinski definition) is 6. The van der Waals surface area contributed by atoms with Crippen LogP contribution in [-0.4, -0.2) is 59.5 Å². The first-order valence-corrected chi connectivity index (χ1v) is 6.49. The van der Waals surface area contributed by atoms with Crippen molar-refractivity contribution in [3.8, 4) is 0 Å². The molecule has 3 N–H and O–H groups in total. The molecule has 108 valence electrons. The molecule has 1 aromatic heterocycles. The number of anilines is 1. The lowest BCUT2D eigenvalue weighted by Gasteiger charge is -2.34. The van der Waals surface area contributed by atoms with Crippen molar-refractivity contribution in [1.29, 1.82) is 0 Å². The smallest absolute Gasteiger partial charge is 0.318 e. The molecule has 2 rings (SSSR count). The molecule has 1 saturated heterocycles. The van der Waals surface area contributed by atoms with Gasteiger partial charge in [0.05, 0.1) is 0 Å². The minimum Gasteiger partial charge on any atom is -0.351 e. The van der Waals surface area contributed by atoms with Crippen LogP contribution in [-0.2, 0) is 4.79 Å². The average Bonchev–Trinajstić information content (AvgIpc) is 2.46. The second-order valence-corrected chi connectivity index (χ2v) is 4.54. The van der Waals surface area contributed by atoms with Gasteiger partial charge in [0.25, 0.3) is 0 Å². The van der Waals surface area contributed by atoms with Gasteiger partial charge in [-0.2, -0.15) is 0 Å². The number of rotatable bonds is 4. The molecule has 0 saturated carbocycles. The van der Waals surface area contributed by atoms with Crippen LogP contribution in [0, 0.1) is 0 Å². The molecule has 8 nitrogen and oxygen atoms in total. The molecule has 0 atom stereocenters. The van der Waals surface area contributed by atoms with Crippen molar-refractivity contribution in [3.05, 3.63) is 18.5 Å². The van der Waals surface area contributed by atoms with E-state index >= 15 is 0 Å². The van der Waals surface area contributed by atoms with Crippen LogP contribution >= 0.6 is 0 Å². The van der Waals surface area contributed by atoms with Crippen LogP contribution < -0.4 is 16.0 Å². The summed E-state index contributed by atoms with van der Waals surface area (Å²) in [5.74, 6) is 0.393. The van der Waals surface area contributed by atoms with Crippen molar-refractivity contribution < 1.29 is 9.59 Å². The molecule has 2 heterocycles. The summed E-state index contributed by atoms with van der Waals surface area (Å²) in [6.45, 7) is 3.93. The van der Waals surface area contributed by atoms with Gasteiger partial charge in [0.1, 0.15) is 0 Å². The number of amides is 3. The normalized spacial score (nSPS) is 15.9. The van der Waals surface area contributed by atoms with Crippen LogP contribution in [0.1, 0.15) is 6.42 Å². The molecule has 20 heavy (non-hydrogen) atoms. The lowest BCUT2D eigenvalue weighted by Crippen LogP contribution is -2.48. The van der Waals surface area contributed by atoms with E-state index in [0.29, 0.717) is 6.54 Å². The molecule has 0 aliphatic carbocycles. The summed E-state index contributed by atoms with van der Waals surface area (Å²) in [5, 5.41) is 2.06. The van der Waals surface area contributed by atoms with Gasteiger partial charge in [-0.1, -0.05) is 0 Å². The van der Waals surface area contributed by atoms with Gasteiger partial charge in [-0.15, -0.1) is 0 Å². The van der Waals surface area contributed by atoms with E-state index in [1.807, 2.05) is 0 Å². The highest BCUT2D eigenvalue weighted by Gasteiger charge is 2.19. The number of carbonyl (C=O) groups excluding carboxylic acids is 2. The van der Waals surface area contributed by atoms with E-state index in [2.05, 4.69) is 25.1 Å². The van der Waals surface area contributed by atoms with Crippen molar-refractivity contribution in [1.82, 2.24) is 20.2 Å². The number of carbonyl (C=O) groups is 2. The molecule has 1 aliphatic rings. The first-order chi connectivity index (χ1) is 9.65. The Morgan fingerprint density at radius 3 is 2.45 bits per heavy atom. The summed E-state index contributed by atoms with van der Waals surface area (Å²) in [7, 11) is 0. The van der Waals surface area contributed by atoms with Gasteiger partial charge >= 0.3 is 6.03 Å². The lowest BCUT2D eigenvalue weighted by atomic mass is 10.3. The van der Waals surface area contributed by atoms with E-state index in [1.54, 1.807) is 18.5 Å². The zero-order chi connectivity index (χ0) is 14.4. The van der Waals surface area contributed by atoms with Crippen molar-refractivity contribution in [2.24, 2.45) is 5.73 Å². The van der Waals surface area contributed by atoms with E-state index in [-0.39, 0.29) is 12.3 Å². The van der Waals surface area contributed by atoms with E-state index < -0.39 is 6.03 Å². The maximum absolute atomic E-state index is 11.3. The monoisotopic (exact) mass is 278 g/mol. The summed E-state index contributed by atoms with van der Waals surface area (Å²) in [6.07, 6.45) is 3.72. The minimum atomic E-state index is -0.805. The first kappa shape index (κ1) is 14.2. The van der Waals surface area contributed by atoms with Crippen molar-refractivity contribution in [2.75, 3.05) is 37.6 Å². The van der Waals surface area contributed by atoms with E-state index in [1.165, 1.54) is 0 Å². The molecule has 1 fully saturated rings. The summed E-state index contributed by atoms with van der Waals surface area (Å²) >= 11 is 0. The number of nitrogens with two attached hydrogens (primary N) is 1. The first-order valence-electron chi connectivity index (χ1n) is 6.49. The van der Waals surface area contributed by atoms with Crippen LogP contribution in [0.2, 0.25) is 0 Å². The molecule has 3 amide bonds. The van der Waals surface area contributed by atoms with Crippen LogP contribution in [0.25, 0.3) is 0 Å². The molecule has 0 radical (unpaired) electrons. The average molecular weight is 278 g/mol. The molecule has 0 bridgehead atoms. The number of hydrogen-bond donors (Lipinski definition) is 2. The number of primary amides is 1. The maximum atomic E-state index is 11.3. The summed E-state index contributed by atoms with van der Waals surface area (Å²) in [4.78, 5) is 34.5. The number of urea groups is 1. The maximum Gasteiger partial charge on any atom is 0.318 e. The van der Waals surface area contributed by atoms with Crippen molar-refractivity contribution in [2.45, 2.75) is 6.42 Å². The largest absolute Gasteiger partial charge is 0.351 e. The SMILES string of the molecule is NC(=O)NC(=O)CCN1CCN(c2ncccn2)CC1. The second-order valence-electron chi connectivity index (χ2n) is 4.54. The second kappa shape index (κ2) is 6.80. The highest BCUT2D eigenvalue weighted by molar-refractivity contribution is 5.93. The van der Waals surface area contributed by atoms with Crippen LogP contribution in [0.15, 0.2) is 18.5 Å². The van der Waals surface area contributed by atoms with Gasteiger partial charge < -0.3 is 10.6 Å². The molecule has 0 aromatic carbocycles. The Balaban J connectivity index is 1.72. The van der Waals surface area contributed by atoms with Gasteiger partial charge in [-0.3, -0.25) is 15.0 Å². The Labute approximate surface area is 117 Å². The van der Waals surface area contributed by atoms with E-state index in [4.69, 9.17) is 5.73 Å². The highest BCUT2D eigenvalue weighted by atomic mass is 16.2. The van der Waals surface area contributed by atoms with Gasteiger partial charge in [0.2, 0.25) is 11.9 Å². The number of imide groups is 1. The topological polar surface area (TPSA) is 104 Å². The summed E-state index contributed by atoms with van der Waals surface area (Å²) in [6, 6.07) is 0.984. The molecular weight excluding hydrogens is 260 g/mol. The number of nitrogens with zero attached hydrogens (tertiary/aromatic N) is 4. The molecule has 1 aromatic rings. The zero-order valence-corrected chi connectivity index (χ0v) is 11.2. The Hall–Kier alpha value is -2.22. The fourth-order valence-corrected chi connectivity index (χ4v) is 2.09. The molecule has 8 heteroatoms. The highest BCUT2D eigenvalue weighted by Crippen LogP contribution is 2.09. The lowest BCUT2D eigenvalue weighted by molar-refractivity contribution is -0.120. The molecular formula is C12H18N6O2. The number of nitrogens with one attached hydrogen (secondary N) is 1. The standard InChI is InChI=1S/C12H18N6O2/c13-11(20)16-10(19)2-5-17-6-8-18(9-7-17)12-14-3-1-4-15-12/h1,3-4H,2,5-9H2,(H3,13,16,19,20). The quantitative estimate of drug-likeness (QED) is 0.746. The number of aromatic nitrogens is 2. The van der Waals surface area contributed by atoms with Gasteiger partial charge in [-0.05, 0) is 6.07 Å². The third-order valence-electron chi connectivity index (χ3n) is 3.12. The fraction of sp³-hybridized carbons (Fsp3) is 0.500.